The Hall–Kier alpha value is -0.610. The van der Waals surface area contributed by atoms with Crippen LogP contribution in [0.4, 0.5) is 0 Å². The van der Waals surface area contributed by atoms with Gasteiger partial charge in [0.2, 0.25) is 5.91 Å². The maximum Gasteiger partial charge on any atom is 0.237 e. The second-order valence-electron chi connectivity index (χ2n) is 5.67. The number of piperidine rings is 1. The van der Waals surface area contributed by atoms with Crippen molar-refractivity contribution >= 4 is 5.91 Å². The molecule has 1 amide bonds. The molecule has 1 N–H and O–H groups in total. The zero-order valence-electron chi connectivity index (χ0n) is 11.8. The van der Waals surface area contributed by atoms with Gasteiger partial charge in [-0.1, -0.05) is 6.92 Å². The molecule has 2 aliphatic heterocycles. The Morgan fingerprint density at radius 3 is 2.89 bits per heavy atom. The van der Waals surface area contributed by atoms with Crippen LogP contribution in [0.15, 0.2) is 0 Å². The Morgan fingerprint density at radius 2 is 2.17 bits per heavy atom. The van der Waals surface area contributed by atoms with Crippen LogP contribution in [0.5, 0.6) is 0 Å². The SMILES string of the molecule is CCC1CCCCN1C(=O)CN1CCNC[C@H]1C. The first-order valence-electron chi connectivity index (χ1n) is 7.46. The first kappa shape index (κ1) is 13.8. The average Bonchev–Trinajstić information content (AvgIpc) is 2.41. The van der Waals surface area contributed by atoms with Crippen LogP contribution in [0.3, 0.4) is 0 Å². The second-order valence-corrected chi connectivity index (χ2v) is 5.67. The highest BCUT2D eigenvalue weighted by Gasteiger charge is 2.28. The third-order valence-electron chi connectivity index (χ3n) is 4.40. The highest BCUT2D eigenvalue weighted by atomic mass is 16.2. The van der Waals surface area contributed by atoms with Crippen molar-refractivity contribution in [3.05, 3.63) is 0 Å². The molecule has 2 atom stereocenters. The van der Waals surface area contributed by atoms with E-state index in [2.05, 4.69) is 29.0 Å². The fourth-order valence-electron chi connectivity index (χ4n) is 3.14. The Bertz CT molecular complexity index is 282. The molecule has 1 unspecified atom stereocenters. The largest absolute Gasteiger partial charge is 0.339 e. The Labute approximate surface area is 111 Å². The molecule has 0 aliphatic carbocycles. The van der Waals surface area contributed by atoms with Crippen LogP contribution in [0.25, 0.3) is 0 Å². The summed E-state index contributed by atoms with van der Waals surface area (Å²) in [5.41, 5.74) is 0. The number of nitrogens with one attached hydrogen (secondary N) is 1. The normalized spacial score (nSPS) is 30.4. The van der Waals surface area contributed by atoms with E-state index in [1.807, 2.05) is 0 Å². The van der Waals surface area contributed by atoms with Gasteiger partial charge in [-0.05, 0) is 32.6 Å². The Kier molecular flexibility index (Phi) is 5.01. The molecule has 104 valence electrons. The summed E-state index contributed by atoms with van der Waals surface area (Å²) in [4.78, 5) is 16.9. The van der Waals surface area contributed by atoms with Crippen LogP contribution in [0.1, 0.15) is 39.5 Å². The predicted molar refractivity (Wildman–Crippen MR) is 73.5 cm³/mol. The zero-order valence-corrected chi connectivity index (χ0v) is 11.8. The molecular weight excluding hydrogens is 226 g/mol. The van der Waals surface area contributed by atoms with Crippen molar-refractivity contribution in [2.24, 2.45) is 0 Å². The molecule has 0 saturated carbocycles. The summed E-state index contributed by atoms with van der Waals surface area (Å²) in [6.45, 7) is 8.99. The average molecular weight is 253 g/mol. The van der Waals surface area contributed by atoms with Crippen LogP contribution in [-0.2, 0) is 4.79 Å². The van der Waals surface area contributed by atoms with Crippen molar-refractivity contribution in [1.29, 1.82) is 0 Å². The lowest BCUT2D eigenvalue weighted by atomic mass is 10.00. The molecule has 0 aromatic heterocycles. The highest BCUT2D eigenvalue weighted by molar-refractivity contribution is 5.78. The first-order chi connectivity index (χ1) is 8.72. The number of likely N-dealkylation sites (tertiary alicyclic amines) is 1. The summed E-state index contributed by atoms with van der Waals surface area (Å²) >= 11 is 0. The monoisotopic (exact) mass is 253 g/mol. The molecule has 2 heterocycles. The van der Waals surface area contributed by atoms with Crippen LogP contribution in [-0.4, -0.2) is 60.5 Å². The van der Waals surface area contributed by atoms with E-state index in [0.717, 1.165) is 32.6 Å². The Morgan fingerprint density at radius 1 is 1.33 bits per heavy atom. The van der Waals surface area contributed by atoms with Crippen LogP contribution < -0.4 is 5.32 Å². The predicted octanol–water partition coefficient (Wildman–Crippen LogP) is 1.07. The summed E-state index contributed by atoms with van der Waals surface area (Å²) in [6.07, 6.45) is 4.76. The van der Waals surface area contributed by atoms with Gasteiger partial charge in [0, 0.05) is 38.3 Å². The molecule has 4 heteroatoms. The van der Waals surface area contributed by atoms with E-state index in [0.29, 0.717) is 24.5 Å². The number of rotatable bonds is 3. The third kappa shape index (κ3) is 3.23. The maximum atomic E-state index is 12.4. The lowest BCUT2D eigenvalue weighted by Crippen LogP contribution is -2.54. The molecule has 2 saturated heterocycles. The summed E-state index contributed by atoms with van der Waals surface area (Å²) in [5, 5.41) is 3.37. The number of carbonyl (C=O) groups excluding carboxylic acids is 1. The molecule has 0 bridgehead atoms. The minimum atomic E-state index is 0.343. The van der Waals surface area contributed by atoms with E-state index >= 15 is 0 Å². The first-order valence-corrected chi connectivity index (χ1v) is 7.46. The summed E-state index contributed by atoms with van der Waals surface area (Å²) in [7, 11) is 0. The van der Waals surface area contributed by atoms with Crippen LogP contribution >= 0.6 is 0 Å². The van der Waals surface area contributed by atoms with E-state index in [-0.39, 0.29) is 0 Å². The van der Waals surface area contributed by atoms with Gasteiger partial charge in [-0.25, -0.2) is 0 Å². The van der Waals surface area contributed by atoms with Crippen molar-refractivity contribution in [2.75, 3.05) is 32.7 Å². The van der Waals surface area contributed by atoms with E-state index in [1.165, 1.54) is 19.3 Å². The minimum absolute atomic E-state index is 0.343. The van der Waals surface area contributed by atoms with Crippen LogP contribution in [0.2, 0.25) is 0 Å². The number of carbonyl (C=O) groups is 1. The van der Waals surface area contributed by atoms with Crippen molar-refractivity contribution in [2.45, 2.75) is 51.6 Å². The van der Waals surface area contributed by atoms with Gasteiger partial charge in [0.25, 0.3) is 0 Å². The molecule has 0 radical (unpaired) electrons. The molecule has 2 aliphatic rings. The molecule has 0 aromatic carbocycles. The lowest BCUT2D eigenvalue weighted by Gasteiger charge is -2.39. The van der Waals surface area contributed by atoms with Crippen molar-refractivity contribution in [3.8, 4) is 0 Å². The van der Waals surface area contributed by atoms with Gasteiger partial charge in [-0.3, -0.25) is 9.69 Å². The topological polar surface area (TPSA) is 35.6 Å². The number of nitrogens with zero attached hydrogens (tertiary/aromatic N) is 2. The lowest BCUT2D eigenvalue weighted by molar-refractivity contribution is -0.136. The fourth-order valence-corrected chi connectivity index (χ4v) is 3.14. The number of amides is 1. The molecular formula is C14H27N3O. The summed E-state index contributed by atoms with van der Waals surface area (Å²) < 4.78 is 0. The molecule has 0 aromatic rings. The van der Waals surface area contributed by atoms with E-state index in [4.69, 9.17) is 0 Å². The quantitative estimate of drug-likeness (QED) is 0.817. The van der Waals surface area contributed by atoms with E-state index in [1.54, 1.807) is 0 Å². The number of hydrogen-bond donors (Lipinski definition) is 1. The molecule has 2 fully saturated rings. The van der Waals surface area contributed by atoms with Crippen molar-refractivity contribution in [1.82, 2.24) is 15.1 Å². The van der Waals surface area contributed by atoms with Gasteiger partial charge < -0.3 is 10.2 Å². The molecule has 18 heavy (non-hydrogen) atoms. The van der Waals surface area contributed by atoms with E-state index in [9.17, 15) is 4.79 Å². The fraction of sp³-hybridized carbons (Fsp3) is 0.929. The summed E-state index contributed by atoms with van der Waals surface area (Å²) in [6, 6.07) is 0.969. The summed E-state index contributed by atoms with van der Waals surface area (Å²) in [5.74, 6) is 0.343. The van der Waals surface area contributed by atoms with Crippen molar-refractivity contribution < 1.29 is 4.79 Å². The minimum Gasteiger partial charge on any atom is -0.339 e. The smallest absolute Gasteiger partial charge is 0.237 e. The van der Waals surface area contributed by atoms with Gasteiger partial charge in [-0.15, -0.1) is 0 Å². The van der Waals surface area contributed by atoms with Gasteiger partial charge in [-0.2, -0.15) is 0 Å². The standard InChI is InChI=1S/C14H27N3O/c1-3-13-6-4-5-8-17(13)14(18)11-16-9-7-15-10-12(16)2/h12-13,15H,3-11H2,1-2H3/t12-,13?/m1/s1. The second kappa shape index (κ2) is 6.53. The van der Waals surface area contributed by atoms with Crippen LogP contribution in [0, 0.1) is 0 Å². The van der Waals surface area contributed by atoms with Gasteiger partial charge in [0.15, 0.2) is 0 Å². The zero-order chi connectivity index (χ0) is 13.0. The highest BCUT2D eigenvalue weighted by Crippen LogP contribution is 2.20. The van der Waals surface area contributed by atoms with Crippen molar-refractivity contribution in [3.63, 3.8) is 0 Å². The maximum absolute atomic E-state index is 12.4. The third-order valence-corrected chi connectivity index (χ3v) is 4.40. The number of hydrogen-bond acceptors (Lipinski definition) is 3. The van der Waals surface area contributed by atoms with Gasteiger partial charge in [0.05, 0.1) is 6.54 Å². The van der Waals surface area contributed by atoms with Gasteiger partial charge >= 0.3 is 0 Å². The Balaban J connectivity index is 1.89. The molecule has 2 rings (SSSR count). The number of piperazine rings is 1. The van der Waals surface area contributed by atoms with Gasteiger partial charge in [0.1, 0.15) is 0 Å². The van der Waals surface area contributed by atoms with E-state index < -0.39 is 0 Å². The molecule has 0 spiro atoms. The molecule has 4 nitrogen and oxygen atoms in total.